The maximum Gasteiger partial charge on any atom is 0.135 e. The number of para-hydroxylation sites is 2. The molecule has 2 aromatic heterocycles. The number of benzene rings is 14. The standard InChI is InChI=1S/C76H50O2/c1-43-33-59(61-35-45(3)39-67(63(61)37-43)75-55-23-9-5-19-51(55)73(52-20-6-10-24-56(52)75)47-29-31-71-65(41-47)49-17-13-15-27-69(49)77-71)60-34-44(2)38-64-62(60)36-46(4)40-68(64)76-57-25-11-7-21-53(57)74(54-22-8-12-26-58(54)76)48-30-32-72-66(42-48)50-18-14-16-28-70(50)78-72/h5-42H,1-4H3. The second-order valence-corrected chi connectivity index (χ2v) is 21.7. The summed E-state index contributed by atoms with van der Waals surface area (Å²) in [5, 5.41) is 19.4. The molecule has 0 unspecified atom stereocenters. The molecule has 16 rings (SSSR count). The fourth-order valence-corrected chi connectivity index (χ4v) is 13.6. The third-order valence-corrected chi connectivity index (χ3v) is 16.7. The van der Waals surface area contributed by atoms with Gasteiger partial charge in [-0.25, -0.2) is 0 Å². The molecule has 0 N–H and O–H groups in total. The van der Waals surface area contributed by atoms with Crippen molar-refractivity contribution in [2.24, 2.45) is 0 Å². The predicted octanol–water partition coefficient (Wildman–Crippen LogP) is 22.0. The molecule has 78 heavy (non-hydrogen) atoms. The van der Waals surface area contributed by atoms with Gasteiger partial charge in [0.25, 0.3) is 0 Å². The summed E-state index contributed by atoms with van der Waals surface area (Å²) in [4.78, 5) is 0. The summed E-state index contributed by atoms with van der Waals surface area (Å²) in [6.45, 7) is 9.06. The molecule has 0 fully saturated rings. The van der Waals surface area contributed by atoms with Gasteiger partial charge in [0.15, 0.2) is 0 Å². The lowest BCUT2D eigenvalue weighted by Crippen LogP contribution is -1.95. The van der Waals surface area contributed by atoms with Crippen molar-refractivity contribution in [1.82, 2.24) is 0 Å². The van der Waals surface area contributed by atoms with Gasteiger partial charge in [0.05, 0.1) is 0 Å². The van der Waals surface area contributed by atoms with Gasteiger partial charge in [-0.3, -0.25) is 0 Å². The highest BCUT2D eigenvalue weighted by molar-refractivity contribution is 6.27. The average Bonchev–Trinajstić information content (AvgIpc) is 4.16. The van der Waals surface area contributed by atoms with E-state index in [0.29, 0.717) is 0 Å². The molecule has 0 aliphatic rings. The Morgan fingerprint density at radius 3 is 0.782 bits per heavy atom. The van der Waals surface area contributed by atoms with Crippen molar-refractivity contribution >= 4 is 109 Å². The quantitative estimate of drug-likeness (QED) is 0.161. The van der Waals surface area contributed by atoms with Gasteiger partial charge in [0.2, 0.25) is 0 Å². The summed E-state index contributed by atoms with van der Waals surface area (Å²) in [6, 6.07) is 85.7. The van der Waals surface area contributed by atoms with Gasteiger partial charge in [-0.15, -0.1) is 0 Å². The SMILES string of the molecule is Cc1cc(-c2c3ccccc3c(-c3ccc4oc5ccccc5c4c3)c3ccccc23)c2cc(C)cc(-c3cc(C)cc4c(-c5c6ccccc6c(-c6ccc7oc8ccccc8c7c6)c6ccccc56)cc(C)cc34)c2c1. The van der Waals surface area contributed by atoms with Gasteiger partial charge in [-0.05, 0) is 207 Å². The third kappa shape index (κ3) is 6.63. The maximum atomic E-state index is 6.32. The van der Waals surface area contributed by atoms with E-state index in [4.69, 9.17) is 8.83 Å². The van der Waals surface area contributed by atoms with Crippen LogP contribution in [0.5, 0.6) is 0 Å². The Balaban J connectivity index is 0.925. The highest BCUT2D eigenvalue weighted by Gasteiger charge is 2.24. The fourth-order valence-electron chi connectivity index (χ4n) is 13.6. The molecular weight excluding hydrogens is 945 g/mol. The van der Waals surface area contributed by atoms with Gasteiger partial charge in [-0.2, -0.15) is 0 Å². The second-order valence-electron chi connectivity index (χ2n) is 21.7. The molecule has 0 aliphatic carbocycles. The van der Waals surface area contributed by atoms with Crippen LogP contribution in [0.2, 0.25) is 0 Å². The van der Waals surface area contributed by atoms with Crippen molar-refractivity contribution in [3.63, 3.8) is 0 Å². The van der Waals surface area contributed by atoms with Crippen LogP contribution < -0.4 is 0 Å². The van der Waals surface area contributed by atoms with Crippen molar-refractivity contribution in [1.29, 1.82) is 0 Å². The highest BCUT2D eigenvalue weighted by atomic mass is 16.3. The Morgan fingerprint density at radius 1 is 0.192 bits per heavy atom. The highest BCUT2D eigenvalue weighted by Crippen LogP contribution is 2.51. The molecule has 0 saturated carbocycles. The average molecular weight is 995 g/mol. The lowest BCUT2D eigenvalue weighted by Gasteiger charge is -2.22. The molecular formula is C76H50O2. The summed E-state index contributed by atoms with van der Waals surface area (Å²) in [6.07, 6.45) is 0. The van der Waals surface area contributed by atoms with Crippen LogP contribution in [0.25, 0.3) is 164 Å². The molecule has 366 valence electrons. The zero-order valence-corrected chi connectivity index (χ0v) is 43.8. The summed E-state index contributed by atoms with van der Waals surface area (Å²) < 4.78 is 12.6. The summed E-state index contributed by atoms with van der Waals surface area (Å²) in [5.41, 5.74) is 20.9. The Hall–Kier alpha value is -9.76. The van der Waals surface area contributed by atoms with E-state index in [2.05, 4.69) is 246 Å². The minimum absolute atomic E-state index is 0.904. The van der Waals surface area contributed by atoms with Gasteiger partial charge in [0, 0.05) is 21.5 Å². The van der Waals surface area contributed by atoms with Gasteiger partial charge >= 0.3 is 0 Å². The number of furan rings is 2. The maximum absolute atomic E-state index is 6.32. The van der Waals surface area contributed by atoms with Gasteiger partial charge in [-0.1, -0.05) is 194 Å². The number of aryl methyl sites for hydroxylation is 4. The van der Waals surface area contributed by atoms with E-state index in [0.717, 1.165) is 43.9 Å². The van der Waals surface area contributed by atoms with E-state index in [1.807, 2.05) is 12.1 Å². The number of hydrogen-bond donors (Lipinski definition) is 0. The van der Waals surface area contributed by atoms with E-state index in [1.54, 1.807) is 0 Å². The van der Waals surface area contributed by atoms with E-state index >= 15 is 0 Å². The zero-order chi connectivity index (χ0) is 51.9. The van der Waals surface area contributed by atoms with E-state index < -0.39 is 0 Å². The Labute approximate surface area is 451 Å². The normalized spacial score (nSPS) is 12.1. The molecule has 2 nitrogen and oxygen atoms in total. The Kier molecular flexibility index (Phi) is 9.63. The predicted molar refractivity (Wildman–Crippen MR) is 332 cm³/mol. The number of hydrogen-bond acceptors (Lipinski definition) is 2. The molecule has 0 saturated heterocycles. The van der Waals surface area contributed by atoms with Crippen molar-refractivity contribution < 1.29 is 8.83 Å². The third-order valence-electron chi connectivity index (χ3n) is 16.7. The summed E-state index contributed by atoms with van der Waals surface area (Å²) in [7, 11) is 0. The van der Waals surface area contributed by atoms with Gasteiger partial charge in [0.1, 0.15) is 22.3 Å². The van der Waals surface area contributed by atoms with Crippen LogP contribution in [0.1, 0.15) is 22.3 Å². The zero-order valence-electron chi connectivity index (χ0n) is 43.8. The molecule has 14 aromatic carbocycles. The first-order chi connectivity index (χ1) is 38.3. The van der Waals surface area contributed by atoms with E-state index in [-0.39, 0.29) is 0 Å². The van der Waals surface area contributed by atoms with Crippen LogP contribution in [0.15, 0.2) is 239 Å². The van der Waals surface area contributed by atoms with E-state index in [1.165, 1.54) is 143 Å². The topological polar surface area (TPSA) is 26.3 Å². The minimum atomic E-state index is 0.904. The van der Waals surface area contributed by atoms with Crippen LogP contribution in [-0.2, 0) is 0 Å². The summed E-state index contributed by atoms with van der Waals surface area (Å²) >= 11 is 0. The van der Waals surface area contributed by atoms with Crippen LogP contribution in [-0.4, -0.2) is 0 Å². The molecule has 2 heterocycles. The second kappa shape index (κ2) is 16.9. The smallest absolute Gasteiger partial charge is 0.135 e. The monoisotopic (exact) mass is 994 g/mol. The Morgan fingerprint density at radius 2 is 0.449 bits per heavy atom. The van der Waals surface area contributed by atoms with Crippen LogP contribution in [0.3, 0.4) is 0 Å². The largest absolute Gasteiger partial charge is 0.456 e. The molecule has 0 radical (unpaired) electrons. The van der Waals surface area contributed by atoms with Crippen LogP contribution in [0, 0.1) is 27.7 Å². The van der Waals surface area contributed by atoms with Crippen molar-refractivity contribution in [2.45, 2.75) is 27.7 Å². The van der Waals surface area contributed by atoms with Crippen LogP contribution >= 0.6 is 0 Å². The number of fused-ring (bicyclic) bond motifs is 12. The summed E-state index contributed by atoms with van der Waals surface area (Å²) in [5.74, 6) is 0. The van der Waals surface area contributed by atoms with Crippen molar-refractivity contribution in [3.05, 3.63) is 253 Å². The Bertz CT molecular complexity index is 4810. The fraction of sp³-hybridized carbons (Fsp3) is 0.0526. The van der Waals surface area contributed by atoms with Crippen molar-refractivity contribution in [3.8, 4) is 55.6 Å². The molecule has 0 aliphatic heterocycles. The molecule has 2 heteroatoms. The molecule has 0 atom stereocenters. The van der Waals surface area contributed by atoms with Gasteiger partial charge < -0.3 is 8.83 Å². The molecule has 16 aromatic rings. The molecule has 0 bridgehead atoms. The first-order valence-corrected chi connectivity index (χ1v) is 27.1. The number of rotatable bonds is 5. The van der Waals surface area contributed by atoms with E-state index in [9.17, 15) is 0 Å². The molecule has 0 spiro atoms. The minimum Gasteiger partial charge on any atom is -0.456 e. The van der Waals surface area contributed by atoms with Crippen LogP contribution in [0.4, 0.5) is 0 Å². The molecule has 0 amide bonds. The lowest BCUT2D eigenvalue weighted by atomic mass is 9.81. The lowest BCUT2D eigenvalue weighted by molar-refractivity contribution is 0.668. The van der Waals surface area contributed by atoms with Crippen molar-refractivity contribution in [2.75, 3.05) is 0 Å². The first-order valence-electron chi connectivity index (χ1n) is 27.1. The first kappa shape index (κ1) is 44.5.